The van der Waals surface area contributed by atoms with E-state index in [2.05, 4.69) is 0 Å². The maximum absolute atomic E-state index is 12.4. The molecule has 0 atom stereocenters. The molecular formula is C16H22N2O3S. The zero-order chi connectivity index (χ0) is 15.6. The first kappa shape index (κ1) is 15.5. The van der Waals surface area contributed by atoms with Crippen molar-refractivity contribution in [3.8, 4) is 0 Å². The Hall–Kier alpha value is -1.40. The normalized spacial score (nSPS) is 20.9. The van der Waals surface area contributed by atoms with Crippen LogP contribution in [0.4, 0.5) is 0 Å². The quantitative estimate of drug-likeness (QED) is 0.850. The van der Waals surface area contributed by atoms with Gasteiger partial charge < -0.3 is 14.5 Å². The van der Waals surface area contributed by atoms with Crippen LogP contribution >= 0.6 is 11.3 Å². The fraction of sp³-hybridized carbons (Fsp3) is 0.625. The number of hydrogen-bond acceptors (Lipinski definition) is 4. The van der Waals surface area contributed by atoms with E-state index in [1.807, 2.05) is 26.6 Å². The Balaban J connectivity index is 1.57. The number of amides is 2. The van der Waals surface area contributed by atoms with Crippen molar-refractivity contribution in [3.63, 3.8) is 0 Å². The number of likely N-dealkylation sites (tertiary alicyclic amines) is 2. The number of carbonyl (C=O) groups excluding carboxylic acids is 2. The standard InChI is InChI=1S/C16H22N2O3S/c1-21-8-7-18-12-16(10-14(18)19)3-5-17(6-4-16)15(20)13-2-9-22-11-13/h2,9,11H,3-8,10,12H2,1H3. The molecule has 0 aliphatic carbocycles. The molecule has 3 heterocycles. The molecular weight excluding hydrogens is 300 g/mol. The van der Waals surface area contributed by atoms with E-state index in [0.29, 0.717) is 19.6 Å². The third kappa shape index (κ3) is 3.03. The van der Waals surface area contributed by atoms with Gasteiger partial charge in [0.2, 0.25) is 5.91 Å². The lowest BCUT2D eigenvalue weighted by atomic mass is 9.77. The molecule has 0 unspecified atom stereocenters. The van der Waals surface area contributed by atoms with Crippen molar-refractivity contribution < 1.29 is 14.3 Å². The van der Waals surface area contributed by atoms with Crippen LogP contribution in [0.25, 0.3) is 0 Å². The highest BCUT2D eigenvalue weighted by molar-refractivity contribution is 7.08. The Morgan fingerprint density at radius 3 is 2.82 bits per heavy atom. The maximum Gasteiger partial charge on any atom is 0.254 e. The summed E-state index contributed by atoms with van der Waals surface area (Å²) in [6.45, 7) is 3.58. The summed E-state index contributed by atoms with van der Waals surface area (Å²) in [5, 5.41) is 3.83. The van der Waals surface area contributed by atoms with Crippen LogP contribution in [0.5, 0.6) is 0 Å². The molecule has 22 heavy (non-hydrogen) atoms. The molecule has 1 aromatic heterocycles. The van der Waals surface area contributed by atoms with E-state index >= 15 is 0 Å². The van der Waals surface area contributed by atoms with Crippen molar-refractivity contribution in [2.45, 2.75) is 19.3 Å². The smallest absolute Gasteiger partial charge is 0.254 e. The van der Waals surface area contributed by atoms with Gasteiger partial charge >= 0.3 is 0 Å². The third-order valence-corrected chi connectivity index (χ3v) is 5.53. The zero-order valence-corrected chi connectivity index (χ0v) is 13.7. The summed E-state index contributed by atoms with van der Waals surface area (Å²) in [4.78, 5) is 28.4. The van der Waals surface area contributed by atoms with Crippen molar-refractivity contribution >= 4 is 23.2 Å². The lowest BCUT2D eigenvalue weighted by Gasteiger charge is -2.38. The number of ether oxygens (including phenoxy) is 1. The van der Waals surface area contributed by atoms with Gasteiger partial charge in [0.15, 0.2) is 0 Å². The average Bonchev–Trinajstić information content (AvgIpc) is 3.14. The SMILES string of the molecule is COCCN1CC2(CCN(C(=O)c3ccsc3)CC2)CC1=O. The fourth-order valence-corrected chi connectivity index (χ4v) is 4.10. The highest BCUT2D eigenvalue weighted by Gasteiger charge is 2.45. The first-order valence-corrected chi connectivity index (χ1v) is 8.66. The van der Waals surface area contributed by atoms with Crippen LogP contribution in [-0.2, 0) is 9.53 Å². The molecule has 0 saturated carbocycles. The molecule has 1 aromatic rings. The number of hydrogen-bond donors (Lipinski definition) is 0. The molecule has 3 rings (SSSR count). The topological polar surface area (TPSA) is 49.9 Å². The molecule has 120 valence electrons. The van der Waals surface area contributed by atoms with Crippen LogP contribution < -0.4 is 0 Å². The van der Waals surface area contributed by atoms with Crippen molar-refractivity contribution in [2.75, 3.05) is 39.9 Å². The summed E-state index contributed by atoms with van der Waals surface area (Å²) < 4.78 is 5.07. The second-order valence-corrected chi connectivity index (χ2v) is 7.07. The van der Waals surface area contributed by atoms with Crippen molar-refractivity contribution in [2.24, 2.45) is 5.41 Å². The maximum atomic E-state index is 12.4. The number of piperidine rings is 1. The van der Waals surface area contributed by atoms with Crippen LogP contribution in [0, 0.1) is 5.41 Å². The Morgan fingerprint density at radius 2 is 2.18 bits per heavy atom. The number of methoxy groups -OCH3 is 1. The average molecular weight is 322 g/mol. The lowest BCUT2D eigenvalue weighted by Crippen LogP contribution is -2.44. The minimum Gasteiger partial charge on any atom is -0.383 e. The summed E-state index contributed by atoms with van der Waals surface area (Å²) in [6, 6.07) is 1.88. The summed E-state index contributed by atoms with van der Waals surface area (Å²) in [5.41, 5.74) is 0.848. The second kappa shape index (κ2) is 6.38. The molecule has 1 spiro atoms. The van der Waals surface area contributed by atoms with Crippen LogP contribution in [0.1, 0.15) is 29.6 Å². The van der Waals surface area contributed by atoms with Gasteiger partial charge in [-0.1, -0.05) is 0 Å². The van der Waals surface area contributed by atoms with Gasteiger partial charge in [-0.15, -0.1) is 0 Å². The van der Waals surface area contributed by atoms with Gasteiger partial charge in [0.05, 0.1) is 12.2 Å². The highest BCUT2D eigenvalue weighted by atomic mass is 32.1. The molecule has 0 aromatic carbocycles. The summed E-state index contributed by atoms with van der Waals surface area (Å²) in [5.74, 6) is 0.353. The van der Waals surface area contributed by atoms with Gasteiger partial charge in [-0.2, -0.15) is 11.3 Å². The lowest BCUT2D eigenvalue weighted by molar-refractivity contribution is -0.128. The molecule has 0 radical (unpaired) electrons. The third-order valence-electron chi connectivity index (χ3n) is 4.85. The molecule has 2 fully saturated rings. The molecule has 2 amide bonds. The Morgan fingerprint density at radius 1 is 1.41 bits per heavy atom. The van der Waals surface area contributed by atoms with Crippen molar-refractivity contribution in [3.05, 3.63) is 22.4 Å². The monoisotopic (exact) mass is 322 g/mol. The van der Waals surface area contributed by atoms with E-state index in [1.165, 1.54) is 0 Å². The number of nitrogens with zero attached hydrogens (tertiary/aromatic N) is 2. The molecule has 2 saturated heterocycles. The summed E-state index contributed by atoms with van der Waals surface area (Å²) in [7, 11) is 1.66. The van der Waals surface area contributed by atoms with Crippen LogP contribution in [0.2, 0.25) is 0 Å². The van der Waals surface area contributed by atoms with E-state index in [1.54, 1.807) is 18.4 Å². The first-order valence-electron chi connectivity index (χ1n) is 7.72. The zero-order valence-electron chi connectivity index (χ0n) is 12.9. The largest absolute Gasteiger partial charge is 0.383 e. The van der Waals surface area contributed by atoms with E-state index in [0.717, 1.165) is 38.0 Å². The number of rotatable bonds is 4. The summed E-state index contributed by atoms with van der Waals surface area (Å²) >= 11 is 1.55. The number of thiophene rings is 1. The van der Waals surface area contributed by atoms with Crippen LogP contribution in [0.3, 0.4) is 0 Å². The Kier molecular flexibility index (Phi) is 4.49. The molecule has 0 bridgehead atoms. The van der Waals surface area contributed by atoms with Gasteiger partial charge in [0.1, 0.15) is 0 Å². The predicted molar refractivity (Wildman–Crippen MR) is 85.0 cm³/mol. The second-order valence-electron chi connectivity index (χ2n) is 6.29. The molecule has 0 N–H and O–H groups in total. The van der Waals surface area contributed by atoms with E-state index in [4.69, 9.17) is 4.74 Å². The van der Waals surface area contributed by atoms with Gasteiger partial charge in [0.25, 0.3) is 5.91 Å². The summed E-state index contributed by atoms with van der Waals surface area (Å²) in [6.07, 6.45) is 2.45. The fourth-order valence-electron chi connectivity index (χ4n) is 3.47. The Bertz CT molecular complexity index is 536. The molecule has 2 aliphatic rings. The van der Waals surface area contributed by atoms with Gasteiger partial charge in [-0.25, -0.2) is 0 Å². The van der Waals surface area contributed by atoms with E-state index in [-0.39, 0.29) is 17.2 Å². The van der Waals surface area contributed by atoms with Crippen LogP contribution in [0.15, 0.2) is 16.8 Å². The predicted octanol–water partition coefficient (Wildman–Crippen LogP) is 1.85. The van der Waals surface area contributed by atoms with E-state index < -0.39 is 0 Å². The minimum atomic E-state index is 0.0657. The molecule has 6 heteroatoms. The van der Waals surface area contributed by atoms with Gasteiger partial charge in [-0.05, 0) is 24.3 Å². The highest BCUT2D eigenvalue weighted by Crippen LogP contribution is 2.41. The van der Waals surface area contributed by atoms with Gasteiger partial charge in [0, 0.05) is 50.5 Å². The molecule has 2 aliphatic heterocycles. The molecule has 5 nitrogen and oxygen atoms in total. The van der Waals surface area contributed by atoms with Crippen LogP contribution in [-0.4, -0.2) is 61.5 Å². The van der Waals surface area contributed by atoms with E-state index in [9.17, 15) is 9.59 Å². The van der Waals surface area contributed by atoms with Crippen molar-refractivity contribution in [1.82, 2.24) is 9.80 Å². The van der Waals surface area contributed by atoms with Gasteiger partial charge in [-0.3, -0.25) is 9.59 Å². The van der Waals surface area contributed by atoms with Crippen molar-refractivity contribution in [1.29, 1.82) is 0 Å². The first-order chi connectivity index (χ1) is 10.6. The Labute approximate surface area is 134 Å². The number of carbonyl (C=O) groups is 2. The minimum absolute atomic E-state index is 0.0657.